The van der Waals surface area contributed by atoms with Crippen LogP contribution in [0.25, 0.3) is 87.9 Å². The van der Waals surface area contributed by atoms with Gasteiger partial charge in [0.15, 0.2) is 0 Å². The third-order valence-electron chi connectivity index (χ3n) is 10.6. The molecular formula is C49H30N6O. The molecule has 0 spiro atoms. The van der Waals surface area contributed by atoms with Crippen LogP contribution in [0.3, 0.4) is 0 Å². The molecule has 4 heterocycles. The van der Waals surface area contributed by atoms with E-state index < -0.39 is 0 Å². The van der Waals surface area contributed by atoms with Crippen LogP contribution < -0.4 is 4.90 Å². The minimum atomic E-state index is 0.643. The molecule has 11 aromatic rings. The average Bonchev–Trinajstić information content (AvgIpc) is 3.64. The zero-order valence-electron chi connectivity index (χ0n) is 29.9. The molecule has 0 saturated carbocycles. The van der Waals surface area contributed by atoms with E-state index in [-0.39, 0.29) is 0 Å². The van der Waals surface area contributed by atoms with Crippen molar-refractivity contribution in [1.29, 1.82) is 0 Å². The van der Waals surface area contributed by atoms with Crippen LogP contribution in [0.4, 0.5) is 17.1 Å². The maximum absolute atomic E-state index is 6.29. The summed E-state index contributed by atoms with van der Waals surface area (Å²) in [4.78, 5) is 7.23. The lowest BCUT2D eigenvalue weighted by atomic mass is 9.96. The number of hydrogen-bond donors (Lipinski definition) is 0. The van der Waals surface area contributed by atoms with Crippen LogP contribution >= 0.6 is 0 Å². The molecule has 0 N–H and O–H groups in total. The molecule has 4 aromatic heterocycles. The summed E-state index contributed by atoms with van der Waals surface area (Å²) in [5.41, 5.74) is 12.2. The first kappa shape index (κ1) is 31.7. The quantitative estimate of drug-likeness (QED) is 0.169. The average molecular weight is 719 g/mol. The molecule has 56 heavy (non-hydrogen) atoms. The zero-order valence-corrected chi connectivity index (χ0v) is 29.9. The van der Waals surface area contributed by atoms with Crippen molar-refractivity contribution in [3.8, 4) is 33.4 Å². The predicted molar refractivity (Wildman–Crippen MR) is 226 cm³/mol. The number of nitrogens with zero attached hydrogens (tertiary/aromatic N) is 6. The van der Waals surface area contributed by atoms with Gasteiger partial charge in [-0.1, -0.05) is 97.1 Å². The van der Waals surface area contributed by atoms with Gasteiger partial charge in [0.05, 0.1) is 35.7 Å². The first-order valence-electron chi connectivity index (χ1n) is 18.5. The number of hydrogen-bond acceptors (Lipinski definition) is 7. The summed E-state index contributed by atoms with van der Waals surface area (Å²) in [6.45, 7) is 0. The van der Waals surface area contributed by atoms with Gasteiger partial charge in [0.1, 0.15) is 5.58 Å². The summed E-state index contributed by atoms with van der Waals surface area (Å²) in [6, 6.07) is 55.6. The maximum atomic E-state index is 6.29. The number of furan rings is 1. The van der Waals surface area contributed by atoms with E-state index in [0.29, 0.717) is 5.71 Å². The third kappa shape index (κ3) is 5.41. The molecule has 0 aliphatic rings. The Morgan fingerprint density at radius 2 is 0.857 bits per heavy atom. The van der Waals surface area contributed by atoms with Crippen molar-refractivity contribution in [1.82, 2.24) is 25.4 Å². The second-order valence-electron chi connectivity index (χ2n) is 13.9. The van der Waals surface area contributed by atoms with Gasteiger partial charge in [0.2, 0.25) is 5.71 Å². The third-order valence-corrected chi connectivity index (χ3v) is 10.6. The van der Waals surface area contributed by atoms with Crippen LogP contribution in [-0.2, 0) is 0 Å². The molecule has 0 aliphatic carbocycles. The van der Waals surface area contributed by atoms with Crippen LogP contribution in [0.15, 0.2) is 187 Å². The van der Waals surface area contributed by atoms with Crippen LogP contribution in [0.5, 0.6) is 0 Å². The number of fused-ring (bicyclic) bond motifs is 6. The van der Waals surface area contributed by atoms with E-state index in [1.165, 1.54) is 0 Å². The number of aromatic nitrogens is 5. The lowest BCUT2D eigenvalue weighted by molar-refractivity contribution is 0.656. The van der Waals surface area contributed by atoms with Crippen LogP contribution in [-0.4, -0.2) is 25.4 Å². The van der Waals surface area contributed by atoms with Crippen LogP contribution in [0.1, 0.15) is 0 Å². The molecule has 0 saturated heterocycles. The van der Waals surface area contributed by atoms with E-state index in [2.05, 4.69) is 159 Å². The van der Waals surface area contributed by atoms with Gasteiger partial charge in [0, 0.05) is 54.9 Å². The highest BCUT2D eigenvalue weighted by molar-refractivity contribution is 6.18. The maximum Gasteiger partial charge on any atom is 0.228 e. The minimum Gasteiger partial charge on any atom is -0.438 e. The number of rotatable bonds is 6. The van der Waals surface area contributed by atoms with Crippen molar-refractivity contribution in [2.24, 2.45) is 0 Å². The standard InChI is InChI=1S/C49H30N6O/c1-3-7-45-43(5-1)47(48-44-6-2-4-8-46(44)56-49(48)54-45)33-17-23-42(24-18-33)55(40-19-13-31(14-20-40)34-9-11-36-27-50-52-29-38(36)25-34)41-21-15-32(16-22-41)35-10-12-37-28-51-53-30-39(37)26-35/h1-30H. The van der Waals surface area contributed by atoms with E-state index in [4.69, 9.17) is 9.40 Å². The Bertz CT molecular complexity index is 3130. The van der Waals surface area contributed by atoms with E-state index in [1.54, 1.807) is 12.4 Å². The predicted octanol–water partition coefficient (Wildman–Crippen LogP) is 12.5. The van der Waals surface area contributed by atoms with Crippen LogP contribution in [0, 0.1) is 0 Å². The molecule has 0 aliphatic heterocycles. The summed E-state index contributed by atoms with van der Waals surface area (Å²) >= 11 is 0. The first-order valence-corrected chi connectivity index (χ1v) is 18.5. The molecule has 0 unspecified atom stereocenters. The highest BCUT2D eigenvalue weighted by Gasteiger charge is 2.19. The smallest absolute Gasteiger partial charge is 0.228 e. The monoisotopic (exact) mass is 718 g/mol. The SMILES string of the molecule is c1ccc2c(-c3ccc(N(c4ccc(-c5ccc6cnncc6c5)cc4)c4ccc(-c5ccc6cnncc6c5)cc4)cc3)c3c(nc2c1)oc1ccccc13. The molecule has 0 bridgehead atoms. The molecule has 7 nitrogen and oxygen atoms in total. The summed E-state index contributed by atoms with van der Waals surface area (Å²) in [7, 11) is 0. The number of para-hydroxylation sites is 2. The first-order chi connectivity index (χ1) is 27.7. The molecule has 0 atom stereocenters. The van der Waals surface area contributed by atoms with Crippen LogP contribution in [0.2, 0.25) is 0 Å². The Labute approximate surface area is 321 Å². The Morgan fingerprint density at radius 3 is 1.43 bits per heavy atom. The molecule has 7 heteroatoms. The molecule has 262 valence electrons. The fraction of sp³-hybridized carbons (Fsp3) is 0. The fourth-order valence-electron chi connectivity index (χ4n) is 7.86. The van der Waals surface area contributed by atoms with E-state index >= 15 is 0 Å². The highest BCUT2D eigenvalue weighted by atomic mass is 16.3. The number of benzene rings is 7. The van der Waals surface area contributed by atoms with Gasteiger partial charge >= 0.3 is 0 Å². The second kappa shape index (κ2) is 13.0. The van der Waals surface area contributed by atoms with Crippen molar-refractivity contribution in [2.45, 2.75) is 0 Å². The topological polar surface area (TPSA) is 80.8 Å². The summed E-state index contributed by atoms with van der Waals surface area (Å²) in [5.74, 6) is 0. The summed E-state index contributed by atoms with van der Waals surface area (Å²) < 4.78 is 6.29. The fourth-order valence-corrected chi connectivity index (χ4v) is 7.86. The van der Waals surface area contributed by atoms with Crippen molar-refractivity contribution in [3.05, 3.63) is 183 Å². The molecule has 7 aromatic carbocycles. The lowest BCUT2D eigenvalue weighted by Gasteiger charge is -2.26. The van der Waals surface area contributed by atoms with Crippen molar-refractivity contribution in [2.75, 3.05) is 4.90 Å². The summed E-state index contributed by atoms with van der Waals surface area (Å²) in [6.07, 6.45) is 7.21. The van der Waals surface area contributed by atoms with Gasteiger partial charge in [-0.05, 0) is 88.5 Å². The Morgan fingerprint density at radius 1 is 0.393 bits per heavy atom. The zero-order chi connectivity index (χ0) is 37.0. The van der Waals surface area contributed by atoms with E-state index in [9.17, 15) is 0 Å². The van der Waals surface area contributed by atoms with Gasteiger partial charge in [-0.2, -0.15) is 20.4 Å². The normalized spacial score (nSPS) is 11.6. The van der Waals surface area contributed by atoms with Crippen molar-refractivity contribution < 1.29 is 4.42 Å². The van der Waals surface area contributed by atoms with E-state index in [1.807, 2.05) is 36.7 Å². The molecular weight excluding hydrogens is 689 g/mol. The molecule has 0 radical (unpaired) electrons. The van der Waals surface area contributed by atoms with Gasteiger partial charge in [-0.15, -0.1) is 0 Å². The Kier molecular flexibility index (Phi) is 7.35. The Balaban J connectivity index is 1.02. The largest absolute Gasteiger partial charge is 0.438 e. The molecule has 11 rings (SSSR count). The lowest BCUT2D eigenvalue weighted by Crippen LogP contribution is -2.09. The molecule has 0 amide bonds. The van der Waals surface area contributed by atoms with E-state index in [0.717, 1.165) is 99.2 Å². The Hall–Kier alpha value is -7.77. The summed E-state index contributed by atoms with van der Waals surface area (Å²) in [5, 5.41) is 23.7. The van der Waals surface area contributed by atoms with Gasteiger partial charge in [-0.25, -0.2) is 4.98 Å². The van der Waals surface area contributed by atoms with Gasteiger partial charge in [-0.3, -0.25) is 0 Å². The van der Waals surface area contributed by atoms with Gasteiger partial charge < -0.3 is 9.32 Å². The van der Waals surface area contributed by atoms with Crippen molar-refractivity contribution in [3.63, 3.8) is 0 Å². The number of pyridine rings is 1. The van der Waals surface area contributed by atoms with Gasteiger partial charge in [0.25, 0.3) is 0 Å². The second-order valence-corrected chi connectivity index (χ2v) is 13.9. The van der Waals surface area contributed by atoms with Crippen molar-refractivity contribution >= 4 is 71.6 Å². The highest BCUT2D eigenvalue weighted by Crippen LogP contribution is 2.42. The molecule has 0 fully saturated rings. The number of anilines is 3. The minimum absolute atomic E-state index is 0.643.